The number of sulfonamides is 2. The van der Waals surface area contributed by atoms with Gasteiger partial charge in [-0.3, -0.25) is 4.72 Å². The molecule has 0 aromatic heterocycles. The van der Waals surface area contributed by atoms with Gasteiger partial charge in [0.15, 0.2) is 0 Å². The molecule has 0 aliphatic carbocycles. The lowest BCUT2D eigenvalue weighted by Crippen LogP contribution is -2.21. The summed E-state index contributed by atoms with van der Waals surface area (Å²) in [4.78, 5) is -0.438. The zero-order valence-electron chi connectivity index (χ0n) is 9.69. The number of nitrogens with two attached hydrogens (primary N) is 1. The van der Waals surface area contributed by atoms with Crippen molar-refractivity contribution in [2.24, 2.45) is 5.14 Å². The standard InChI is InChI=1S/C8H8Cl2F2N2O4S2/c1-3-5(19(13,15)16)2-4(9)7(6(3)10)14-20(17,18)8(11)12/h2,8,14H,1H3,(H2,13,15,16). The average Bonchev–Trinajstić information content (AvgIpc) is 2.27. The number of anilines is 1. The van der Waals surface area contributed by atoms with Crippen LogP contribution in [0.25, 0.3) is 0 Å². The van der Waals surface area contributed by atoms with Crippen LogP contribution in [0.15, 0.2) is 11.0 Å². The van der Waals surface area contributed by atoms with Crippen LogP contribution in [0.4, 0.5) is 14.5 Å². The minimum atomic E-state index is -4.99. The summed E-state index contributed by atoms with van der Waals surface area (Å²) < 4.78 is 70.7. The van der Waals surface area contributed by atoms with Gasteiger partial charge in [0.2, 0.25) is 10.0 Å². The first kappa shape index (κ1) is 17.4. The van der Waals surface area contributed by atoms with E-state index in [4.69, 9.17) is 28.3 Å². The summed E-state index contributed by atoms with van der Waals surface area (Å²) in [5.41, 5.74) is -0.663. The Kier molecular flexibility index (Phi) is 4.87. The van der Waals surface area contributed by atoms with E-state index in [1.54, 1.807) is 0 Å². The second-order valence-corrected chi connectivity index (χ2v) is 7.59. The predicted octanol–water partition coefficient (Wildman–Crippen LogP) is 1.91. The fourth-order valence-corrected chi connectivity index (χ4v) is 3.45. The molecule has 0 radical (unpaired) electrons. The Balaban J connectivity index is 3.51. The minimum absolute atomic E-state index is 0.120. The maximum absolute atomic E-state index is 12.3. The number of hydrogen-bond acceptors (Lipinski definition) is 4. The highest BCUT2D eigenvalue weighted by Crippen LogP contribution is 2.37. The normalized spacial score (nSPS) is 12.8. The summed E-state index contributed by atoms with van der Waals surface area (Å²) in [7, 11) is -9.14. The van der Waals surface area contributed by atoms with Gasteiger partial charge in [-0.25, -0.2) is 22.0 Å². The summed E-state index contributed by atoms with van der Waals surface area (Å²) >= 11 is 11.4. The smallest absolute Gasteiger partial charge is 0.276 e. The van der Waals surface area contributed by atoms with E-state index >= 15 is 0 Å². The number of halogens is 4. The topological polar surface area (TPSA) is 106 Å². The summed E-state index contributed by atoms with van der Waals surface area (Å²) in [6, 6.07) is 0.821. The number of rotatable bonds is 4. The maximum atomic E-state index is 12.3. The molecule has 12 heteroatoms. The van der Waals surface area contributed by atoms with Gasteiger partial charge in [-0.1, -0.05) is 23.2 Å². The van der Waals surface area contributed by atoms with Gasteiger partial charge in [0.25, 0.3) is 10.0 Å². The predicted molar refractivity (Wildman–Crippen MR) is 71.1 cm³/mol. The number of alkyl halides is 2. The van der Waals surface area contributed by atoms with Crippen LogP contribution in [-0.2, 0) is 20.0 Å². The van der Waals surface area contributed by atoms with Crippen LogP contribution in [0.2, 0.25) is 10.0 Å². The summed E-state index contributed by atoms with van der Waals surface area (Å²) in [5, 5.41) is 4.00. The lowest BCUT2D eigenvalue weighted by Gasteiger charge is -2.14. The van der Waals surface area contributed by atoms with Gasteiger partial charge < -0.3 is 0 Å². The summed E-state index contributed by atoms with van der Waals surface area (Å²) in [5.74, 6) is -3.70. The molecule has 1 aromatic rings. The van der Waals surface area contributed by atoms with Gasteiger partial charge in [-0.05, 0) is 18.6 Å². The molecular weight excluding hydrogens is 361 g/mol. The van der Waals surface area contributed by atoms with Gasteiger partial charge in [-0.15, -0.1) is 0 Å². The van der Waals surface area contributed by atoms with E-state index in [-0.39, 0.29) is 5.56 Å². The third kappa shape index (κ3) is 3.50. The number of hydrogen-bond donors (Lipinski definition) is 2. The molecule has 6 nitrogen and oxygen atoms in total. The molecule has 0 atom stereocenters. The quantitative estimate of drug-likeness (QED) is 0.846. The molecule has 0 aliphatic heterocycles. The van der Waals surface area contributed by atoms with Crippen LogP contribution in [0.3, 0.4) is 0 Å². The first-order chi connectivity index (χ1) is 8.88. The SMILES string of the molecule is Cc1c(S(N)(=O)=O)cc(Cl)c(NS(=O)(=O)C(F)F)c1Cl. The minimum Gasteiger partial charge on any atom is -0.276 e. The third-order valence-electron chi connectivity index (χ3n) is 2.20. The van der Waals surface area contributed by atoms with Gasteiger partial charge in [0, 0.05) is 0 Å². The molecule has 0 bridgehead atoms. The van der Waals surface area contributed by atoms with Crippen molar-refractivity contribution in [1.29, 1.82) is 0 Å². The summed E-state index contributed by atoms with van der Waals surface area (Å²) in [6.45, 7) is 1.22. The van der Waals surface area contributed by atoms with Crippen molar-refractivity contribution >= 4 is 48.9 Å². The molecule has 0 aliphatic rings. The van der Waals surface area contributed by atoms with Gasteiger partial charge in [0.05, 0.1) is 20.6 Å². The van der Waals surface area contributed by atoms with Crippen LogP contribution >= 0.6 is 23.2 Å². The lowest BCUT2D eigenvalue weighted by molar-refractivity contribution is 0.236. The molecule has 0 heterocycles. The Hall–Kier alpha value is -0.680. The van der Waals surface area contributed by atoms with E-state index in [9.17, 15) is 25.6 Å². The van der Waals surface area contributed by atoms with E-state index in [1.165, 1.54) is 11.6 Å². The maximum Gasteiger partial charge on any atom is 0.355 e. The fraction of sp³-hybridized carbons (Fsp3) is 0.250. The molecule has 3 N–H and O–H groups in total. The Morgan fingerprint density at radius 1 is 1.25 bits per heavy atom. The highest BCUT2D eigenvalue weighted by atomic mass is 35.5. The monoisotopic (exact) mass is 368 g/mol. The van der Waals surface area contributed by atoms with Crippen molar-refractivity contribution in [2.45, 2.75) is 17.6 Å². The molecule has 0 saturated heterocycles. The van der Waals surface area contributed by atoms with E-state index in [1.807, 2.05) is 0 Å². The number of primary sulfonamides is 1. The fourth-order valence-electron chi connectivity index (χ4n) is 1.27. The molecule has 0 fully saturated rings. The van der Waals surface area contributed by atoms with E-state index in [0.717, 1.165) is 6.07 Å². The Morgan fingerprint density at radius 2 is 1.75 bits per heavy atom. The van der Waals surface area contributed by atoms with E-state index in [0.29, 0.717) is 0 Å². The summed E-state index contributed by atoms with van der Waals surface area (Å²) in [6.07, 6.45) is 0. The molecule has 0 amide bonds. The Bertz CT molecular complexity index is 750. The molecule has 20 heavy (non-hydrogen) atoms. The molecule has 1 aromatic carbocycles. The van der Waals surface area contributed by atoms with Gasteiger partial charge in [-0.2, -0.15) is 8.78 Å². The van der Waals surface area contributed by atoms with E-state index in [2.05, 4.69) is 0 Å². The molecule has 1 rings (SSSR count). The highest BCUT2D eigenvalue weighted by molar-refractivity contribution is 7.93. The molecular formula is C8H8Cl2F2N2O4S2. The van der Waals surface area contributed by atoms with Crippen LogP contribution in [0.1, 0.15) is 5.56 Å². The second-order valence-electron chi connectivity index (χ2n) is 3.62. The molecule has 0 unspecified atom stereocenters. The Labute approximate surface area is 124 Å². The van der Waals surface area contributed by atoms with Crippen molar-refractivity contribution in [2.75, 3.05) is 4.72 Å². The first-order valence-corrected chi connectivity index (χ1v) is 8.54. The number of nitrogens with one attached hydrogen (secondary N) is 1. The van der Waals surface area contributed by atoms with E-state index < -0.39 is 46.4 Å². The Morgan fingerprint density at radius 3 is 2.15 bits per heavy atom. The largest absolute Gasteiger partial charge is 0.355 e. The van der Waals surface area contributed by atoms with Crippen molar-refractivity contribution in [3.8, 4) is 0 Å². The molecule has 114 valence electrons. The van der Waals surface area contributed by atoms with Crippen molar-refractivity contribution in [1.82, 2.24) is 0 Å². The van der Waals surface area contributed by atoms with Gasteiger partial charge >= 0.3 is 5.76 Å². The zero-order chi connectivity index (χ0) is 15.9. The number of benzene rings is 1. The van der Waals surface area contributed by atoms with Crippen molar-refractivity contribution < 1.29 is 25.6 Å². The molecule has 0 saturated carbocycles. The van der Waals surface area contributed by atoms with Crippen LogP contribution < -0.4 is 9.86 Å². The molecule has 0 spiro atoms. The van der Waals surface area contributed by atoms with Crippen molar-refractivity contribution in [3.05, 3.63) is 21.7 Å². The zero-order valence-corrected chi connectivity index (χ0v) is 12.8. The average molecular weight is 369 g/mol. The first-order valence-electron chi connectivity index (χ1n) is 4.69. The van der Waals surface area contributed by atoms with Gasteiger partial charge in [0.1, 0.15) is 0 Å². The van der Waals surface area contributed by atoms with Crippen LogP contribution in [0, 0.1) is 6.92 Å². The lowest BCUT2D eigenvalue weighted by atomic mass is 10.2. The highest BCUT2D eigenvalue weighted by Gasteiger charge is 2.28. The third-order valence-corrected chi connectivity index (χ3v) is 4.97. The second kappa shape index (κ2) is 5.60. The van der Waals surface area contributed by atoms with Crippen LogP contribution in [0.5, 0.6) is 0 Å². The van der Waals surface area contributed by atoms with Crippen LogP contribution in [-0.4, -0.2) is 22.6 Å². The van der Waals surface area contributed by atoms with Crippen molar-refractivity contribution in [3.63, 3.8) is 0 Å².